The van der Waals surface area contributed by atoms with E-state index in [-0.39, 0.29) is 0 Å². The summed E-state index contributed by atoms with van der Waals surface area (Å²) in [6.07, 6.45) is 14.2. The Kier molecular flexibility index (Phi) is 14.0. The highest BCUT2D eigenvalue weighted by atomic mass is 35.5. The molecule has 0 N–H and O–H groups in total. The summed E-state index contributed by atoms with van der Waals surface area (Å²) >= 11 is 5.62. The first-order valence-electron chi connectivity index (χ1n) is 6.47. The molecule has 0 unspecified atom stereocenters. The Bertz CT molecular complexity index is 84.3. The third-order valence-electron chi connectivity index (χ3n) is 2.74. The number of rotatable bonds is 11. The van der Waals surface area contributed by atoms with E-state index in [4.69, 9.17) is 11.6 Å². The Morgan fingerprint density at radius 1 is 0.571 bits per heavy atom. The highest BCUT2D eigenvalue weighted by Gasteiger charge is 1.91. The number of alkyl halides is 1. The van der Waals surface area contributed by atoms with Gasteiger partial charge in [0.15, 0.2) is 0 Å². The van der Waals surface area contributed by atoms with E-state index in [1.54, 1.807) is 0 Å². The molecule has 0 nitrogen and oxygen atoms in total. The Hall–Kier alpha value is 0.507. The van der Waals surface area contributed by atoms with Crippen LogP contribution in [-0.4, -0.2) is 16.1 Å². The van der Waals surface area contributed by atoms with Gasteiger partial charge in [0.2, 0.25) is 0 Å². The van der Waals surface area contributed by atoms with Gasteiger partial charge in [-0.05, 0) is 6.42 Å². The van der Waals surface area contributed by atoms with E-state index in [2.05, 4.69) is 0 Å². The standard InChI is InChI=1S/C12H27ClSi/c13-11-9-7-5-3-1-2-4-6-8-10-12-14/h1-12H2,14H3. The van der Waals surface area contributed by atoms with Crippen molar-refractivity contribution in [1.82, 2.24) is 0 Å². The van der Waals surface area contributed by atoms with Crippen molar-refractivity contribution in [2.24, 2.45) is 0 Å². The van der Waals surface area contributed by atoms with Crippen molar-refractivity contribution in [3.05, 3.63) is 0 Å². The molecule has 0 heterocycles. The normalized spacial score (nSPS) is 10.9. The summed E-state index contributed by atoms with van der Waals surface area (Å²) in [6.45, 7) is 0. The fraction of sp³-hybridized carbons (Fsp3) is 1.00. The Labute approximate surface area is 98.2 Å². The molecule has 2 heteroatoms. The lowest BCUT2D eigenvalue weighted by Crippen LogP contribution is -1.82. The van der Waals surface area contributed by atoms with E-state index < -0.39 is 0 Å². The smallest absolute Gasteiger partial charge is 0.0223 e. The summed E-state index contributed by atoms with van der Waals surface area (Å²) < 4.78 is 0. The number of halogens is 1. The molecule has 0 spiro atoms. The summed E-state index contributed by atoms with van der Waals surface area (Å²) in [5.74, 6) is 0.848. The van der Waals surface area contributed by atoms with Gasteiger partial charge >= 0.3 is 0 Å². The van der Waals surface area contributed by atoms with Gasteiger partial charge in [0.25, 0.3) is 0 Å². The number of hydrogen-bond acceptors (Lipinski definition) is 0. The fourth-order valence-electron chi connectivity index (χ4n) is 1.76. The van der Waals surface area contributed by atoms with Gasteiger partial charge in [-0.2, -0.15) is 0 Å². The lowest BCUT2D eigenvalue weighted by atomic mass is 10.1. The lowest BCUT2D eigenvalue weighted by Gasteiger charge is -2.01. The third kappa shape index (κ3) is 12.5. The molecular formula is C12H27ClSi. The fourth-order valence-corrected chi connectivity index (χ4v) is 2.45. The molecule has 0 saturated carbocycles. The van der Waals surface area contributed by atoms with Crippen LogP contribution in [0.3, 0.4) is 0 Å². The summed E-state index contributed by atoms with van der Waals surface area (Å²) in [5.41, 5.74) is 0. The maximum Gasteiger partial charge on any atom is 0.0223 e. The molecular weight excluding hydrogens is 208 g/mol. The van der Waals surface area contributed by atoms with Crippen molar-refractivity contribution in [3.8, 4) is 0 Å². The molecule has 0 radical (unpaired) electrons. The van der Waals surface area contributed by atoms with Gasteiger partial charge in [-0.25, -0.2) is 0 Å². The van der Waals surface area contributed by atoms with Crippen LogP contribution < -0.4 is 0 Å². The quantitative estimate of drug-likeness (QED) is 0.289. The zero-order valence-electron chi connectivity index (χ0n) is 9.86. The molecule has 0 aliphatic rings. The minimum atomic E-state index is 0.848. The Balaban J connectivity index is 2.78. The summed E-state index contributed by atoms with van der Waals surface area (Å²) in [7, 11) is 1.40. The Morgan fingerprint density at radius 3 is 1.29 bits per heavy atom. The molecule has 0 fully saturated rings. The second-order valence-corrected chi connectivity index (χ2v) is 5.60. The second-order valence-electron chi connectivity index (χ2n) is 4.22. The van der Waals surface area contributed by atoms with Crippen molar-refractivity contribution in [2.75, 3.05) is 5.88 Å². The van der Waals surface area contributed by atoms with Gasteiger partial charge in [-0.15, -0.1) is 11.6 Å². The van der Waals surface area contributed by atoms with E-state index in [1.807, 2.05) is 0 Å². The van der Waals surface area contributed by atoms with E-state index >= 15 is 0 Å². The predicted octanol–water partition coefficient (Wildman–Crippen LogP) is 3.91. The molecule has 0 aliphatic carbocycles. The topological polar surface area (TPSA) is 0 Å². The Morgan fingerprint density at radius 2 is 0.929 bits per heavy atom. The first kappa shape index (κ1) is 14.5. The predicted molar refractivity (Wildman–Crippen MR) is 71.6 cm³/mol. The average Bonchev–Trinajstić information content (AvgIpc) is 2.21. The van der Waals surface area contributed by atoms with Gasteiger partial charge in [0.05, 0.1) is 0 Å². The first-order chi connectivity index (χ1) is 6.91. The van der Waals surface area contributed by atoms with E-state index in [0.29, 0.717) is 0 Å². The monoisotopic (exact) mass is 234 g/mol. The highest BCUT2D eigenvalue weighted by molar-refractivity contribution is 6.17. The molecule has 0 aromatic heterocycles. The molecule has 0 rings (SSSR count). The van der Waals surface area contributed by atoms with Gasteiger partial charge < -0.3 is 0 Å². The molecule has 0 amide bonds. The largest absolute Gasteiger partial charge is 0.127 e. The van der Waals surface area contributed by atoms with Crippen LogP contribution in [0.2, 0.25) is 6.04 Å². The SMILES string of the molecule is [SiH3]CCCCCCCCCCCCCl. The summed E-state index contributed by atoms with van der Waals surface area (Å²) in [4.78, 5) is 0. The zero-order chi connectivity index (χ0) is 10.5. The average molecular weight is 235 g/mol. The summed E-state index contributed by atoms with van der Waals surface area (Å²) in [5, 5.41) is 0. The maximum atomic E-state index is 5.62. The lowest BCUT2D eigenvalue weighted by molar-refractivity contribution is 0.563. The molecule has 0 atom stereocenters. The van der Waals surface area contributed by atoms with E-state index in [0.717, 1.165) is 5.88 Å². The van der Waals surface area contributed by atoms with Gasteiger partial charge in [-0.3, -0.25) is 0 Å². The molecule has 0 aliphatic heterocycles. The van der Waals surface area contributed by atoms with Crippen molar-refractivity contribution in [3.63, 3.8) is 0 Å². The number of hydrogen-bond donors (Lipinski definition) is 0. The van der Waals surface area contributed by atoms with E-state index in [9.17, 15) is 0 Å². The minimum absolute atomic E-state index is 0.848. The summed E-state index contributed by atoms with van der Waals surface area (Å²) in [6, 6.07) is 1.50. The number of unbranched alkanes of at least 4 members (excludes halogenated alkanes) is 9. The van der Waals surface area contributed by atoms with Crippen LogP contribution in [0.5, 0.6) is 0 Å². The van der Waals surface area contributed by atoms with Gasteiger partial charge in [0.1, 0.15) is 0 Å². The first-order valence-corrected chi connectivity index (χ1v) is 8.42. The molecule has 0 bridgehead atoms. The van der Waals surface area contributed by atoms with Crippen molar-refractivity contribution in [1.29, 1.82) is 0 Å². The molecule has 0 aromatic rings. The molecule has 0 saturated heterocycles. The van der Waals surface area contributed by atoms with Crippen LogP contribution in [0.4, 0.5) is 0 Å². The molecule has 14 heavy (non-hydrogen) atoms. The minimum Gasteiger partial charge on any atom is -0.127 e. The van der Waals surface area contributed by atoms with Crippen LogP contribution >= 0.6 is 11.6 Å². The molecule has 86 valence electrons. The maximum absolute atomic E-state index is 5.62. The van der Waals surface area contributed by atoms with Crippen LogP contribution in [0, 0.1) is 0 Å². The van der Waals surface area contributed by atoms with Crippen LogP contribution in [0.25, 0.3) is 0 Å². The zero-order valence-corrected chi connectivity index (χ0v) is 12.6. The van der Waals surface area contributed by atoms with Crippen LogP contribution in [0.1, 0.15) is 64.2 Å². The van der Waals surface area contributed by atoms with Crippen LogP contribution in [-0.2, 0) is 0 Å². The van der Waals surface area contributed by atoms with Crippen molar-refractivity contribution in [2.45, 2.75) is 70.3 Å². The second kappa shape index (κ2) is 13.5. The van der Waals surface area contributed by atoms with Crippen molar-refractivity contribution >= 4 is 21.8 Å². The van der Waals surface area contributed by atoms with E-state index in [1.165, 1.54) is 80.5 Å². The van der Waals surface area contributed by atoms with Gasteiger partial charge in [-0.1, -0.05) is 63.8 Å². The van der Waals surface area contributed by atoms with Crippen molar-refractivity contribution < 1.29 is 0 Å². The third-order valence-corrected chi connectivity index (χ3v) is 3.71. The highest BCUT2D eigenvalue weighted by Crippen LogP contribution is 2.11. The molecule has 0 aromatic carbocycles. The van der Waals surface area contributed by atoms with Gasteiger partial charge in [0, 0.05) is 16.1 Å². The van der Waals surface area contributed by atoms with Crippen LogP contribution in [0.15, 0.2) is 0 Å².